The van der Waals surface area contributed by atoms with Gasteiger partial charge in [-0.1, -0.05) is 12.8 Å². The third kappa shape index (κ3) is 4.62. The van der Waals surface area contributed by atoms with Crippen LogP contribution in [0.5, 0.6) is 5.75 Å². The first-order valence-electron chi connectivity index (χ1n) is 10.5. The second-order valence-corrected chi connectivity index (χ2v) is 9.34. The van der Waals surface area contributed by atoms with Crippen LogP contribution < -0.4 is 4.74 Å². The van der Waals surface area contributed by atoms with Crippen molar-refractivity contribution in [2.75, 3.05) is 13.1 Å². The molecule has 2 aromatic rings. The summed E-state index contributed by atoms with van der Waals surface area (Å²) in [5.74, 6) is -1.54. The number of nitrogens with zero attached hydrogens (tertiary/aromatic N) is 2. The van der Waals surface area contributed by atoms with Crippen LogP contribution >= 0.6 is 11.3 Å². The molecule has 1 saturated heterocycles. The van der Waals surface area contributed by atoms with Crippen molar-refractivity contribution in [3.8, 4) is 5.75 Å². The van der Waals surface area contributed by atoms with E-state index in [1.54, 1.807) is 0 Å². The largest absolute Gasteiger partial charge is 0.488 e. The average Bonchev–Trinajstić information content (AvgIpc) is 3.31. The van der Waals surface area contributed by atoms with E-state index in [1.807, 2.05) is 6.92 Å². The molecule has 0 radical (unpaired) electrons. The zero-order valence-corrected chi connectivity index (χ0v) is 17.6. The third-order valence-corrected chi connectivity index (χ3v) is 7.57. The Kier molecular flexibility index (Phi) is 6.18. The van der Waals surface area contributed by atoms with Gasteiger partial charge in [0, 0.05) is 18.7 Å². The molecule has 2 heterocycles. The number of hydrogen-bond donors (Lipinski definition) is 1. The first-order chi connectivity index (χ1) is 13.9. The highest BCUT2D eigenvalue weighted by Gasteiger charge is 2.37. The lowest BCUT2D eigenvalue weighted by molar-refractivity contribution is 0.0196. The Morgan fingerprint density at radius 1 is 1.17 bits per heavy atom. The summed E-state index contributed by atoms with van der Waals surface area (Å²) < 4.78 is 32.1. The summed E-state index contributed by atoms with van der Waals surface area (Å²) in [6.45, 7) is 4.07. The third-order valence-electron chi connectivity index (χ3n) is 6.24. The van der Waals surface area contributed by atoms with Gasteiger partial charge in [0.15, 0.2) is 11.6 Å². The topological polar surface area (TPSA) is 45.6 Å². The summed E-state index contributed by atoms with van der Waals surface area (Å²) >= 11 is 1.46. The molecule has 1 aliphatic carbocycles. The summed E-state index contributed by atoms with van der Waals surface area (Å²) in [4.78, 5) is 8.10. The molecule has 2 aliphatic rings. The number of rotatable bonds is 5. The van der Waals surface area contributed by atoms with E-state index in [0.717, 1.165) is 47.2 Å². The molecule has 1 N–H and O–H groups in total. The fraction of sp³-hybridized carbons (Fsp3) is 0.591. The van der Waals surface area contributed by atoms with Gasteiger partial charge in [-0.2, -0.15) is 0 Å². The van der Waals surface area contributed by atoms with Gasteiger partial charge in [0.25, 0.3) is 0 Å². The molecule has 29 heavy (non-hydrogen) atoms. The van der Waals surface area contributed by atoms with Gasteiger partial charge in [-0.15, -0.1) is 11.3 Å². The van der Waals surface area contributed by atoms with Crippen molar-refractivity contribution >= 4 is 11.3 Å². The first-order valence-corrected chi connectivity index (χ1v) is 11.3. The average molecular weight is 423 g/mol. The molecule has 0 spiro atoms. The molecule has 4 nitrogen and oxygen atoms in total. The fourth-order valence-corrected chi connectivity index (χ4v) is 5.59. The summed E-state index contributed by atoms with van der Waals surface area (Å²) in [6, 6.07) is 4.19. The van der Waals surface area contributed by atoms with Gasteiger partial charge in [-0.25, -0.2) is 13.8 Å². The predicted molar refractivity (Wildman–Crippen MR) is 109 cm³/mol. The Hall–Kier alpha value is -1.57. The molecular formula is C22H28F2N2O2S. The van der Waals surface area contributed by atoms with E-state index in [9.17, 15) is 13.9 Å². The molecule has 7 heteroatoms. The maximum absolute atomic E-state index is 13.4. The van der Waals surface area contributed by atoms with Gasteiger partial charge in [0.2, 0.25) is 0 Å². The van der Waals surface area contributed by atoms with Crippen molar-refractivity contribution in [1.82, 2.24) is 9.88 Å². The predicted octanol–water partition coefficient (Wildman–Crippen LogP) is 4.92. The molecule has 1 aromatic carbocycles. The van der Waals surface area contributed by atoms with E-state index in [2.05, 4.69) is 9.88 Å². The lowest BCUT2D eigenvalue weighted by atomic mass is 9.96. The minimum atomic E-state index is -0.927. The van der Waals surface area contributed by atoms with Gasteiger partial charge in [0.05, 0.1) is 10.6 Å². The molecule has 0 bridgehead atoms. The Morgan fingerprint density at radius 3 is 2.72 bits per heavy atom. The van der Waals surface area contributed by atoms with E-state index in [4.69, 9.17) is 4.74 Å². The van der Waals surface area contributed by atoms with Gasteiger partial charge in [0.1, 0.15) is 23.0 Å². The van der Waals surface area contributed by atoms with Crippen molar-refractivity contribution in [3.05, 3.63) is 45.4 Å². The normalized spacial score (nSPS) is 24.0. The minimum absolute atomic E-state index is 0.221. The second kappa shape index (κ2) is 8.66. The highest BCUT2D eigenvalue weighted by atomic mass is 32.1. The molecule has 158 valence electrons. The maximum Gasteiger partial charge on any atom is 0.162 e. The highest BCUT2D eigenvalue weighted by molar-refractivity contribution is 7.11. The monoisotopic (exact) mass is 422 g/mol. The van der Waals surface area contributed by atoms with Gasteiger partial charge in [-0.3, -0.25) is 0 Å². The van der Waals surface area contributed by atoms with Crippen LogP contribution in [0.15, 0.2) is 18.2 Å². The Labute approximate surface area is 174 Å². The number of aryl methyl sites for hydroxylation is 1. The molecule has 1 saturated carbocycles. The number of benzene rings is 1. The van der Waals surface area contributed by atoms with Crippen LogP contribution in [0.3, 0.4) is 0 Å². The number of aromatic nitrogens is 1. The van der Waals surface area contributed by atoms with Crippen LogP contribution in [0.4, 0.5) is 8.78 Å². The van der Waals surface area contributed by atoms with Gasteiger partial charge in [-0.05, 0) is 57.7 Å². The number of likely N-dealkylation sites (tertiary alicyclic amines) is 1. The molecule has 1 atom stereocenters. The maximum atomic E-state index is 13.4. The van der Waals surface area contributed by atoms with Crippen molar-refractivity contribution in [2.45, 2.75) is 70.1 Å². The lowest BCUT2D eigenvalue weighted by Crippen LogP contribution is -2.35. The number of halogens is 2. The molecule has 1 aliphatic heterocycles. The van der Waals surface area contributed by atoms with E-state index < -0.39 is 17.2 Å². The Morgan fingerprint density at radius 2 is 1.97 bits per heavy atom. The summed E-state index contributed by atoms with van der Waals surface area (Å²) in [5, 5.41) is 12.1. The standard InChI is InChI=1S/C22H28F2N2O2S/c1-15-20(14-28-17-7-8-18(23)19(24)13-17)29-21(25-15)22(27)9-4-11-26(12-10-22)16-5-2-3-6-16/h7-8,13,16,27H,2-6,9-12,14H2,1H3/t22-/m0/s1. The fourth-order valence-electron chi connectivity index (χ4n) is 4.46. The quantitative estimate of drug-likeness (QED) is 0.743. The van der Waals surface area contributed by atoms with E-state index in [-0.39, 0.29) is 12.4 Å². The van der Waals surface area contributed by atoms with Crippen LogP contribution in [-0.4, -0.2) is 34.1 Å². The lowest BCUT2D eigenvalue weighted by Gasteiger charge is -2.28. The van der Waals surface area contributed by atoms with Crippen molar-refractivity contribution in [3.63, 3.8) is 0 Å². The van der Waals surface area contributed by atoms with Crippen molar-refractivity contribution < 1.29 is 18.6 Å². The molecular weight excluding hydrogens is 394 g/mol. The van der Waals surface area contributed by atoms with E-state index in [1.165, 1.54) is 43.1 Å². The van der Waals surface area contributed by atoms with Crippen molar-refractivity contribution in [1.29, 1.82) is 0 Å². The molecule has 0 amide bonds. The Bertz CT molecular complexity index is 853. The van der Waals surface area contributed by atoms with Gasteiger partial charge < -0.3 is 14.7 Å². The van der Waals surface area contributed by atoms with Crippen LogP contribution in [-0.2, 0) is 12.2 Å². The number of hydrogen-bond acceptors (Lipinski definition) is 5. The van der Waals surface area contributed by atoms with Gasteiger partial charge >= 0.3 is 0 Å². The van der Waals surface area contributed by atoms with E-state index in [0.29, 0.717) is 18.9 Å². The summed E-state index contributed by atoms with van der Waals surface area (Å²) in [7, 11) is 0. The smallest absolute Gasteiger partial charge is 0.162 e. The summed E-state index contributed by atoms with van der Waals surface area (Å²) in [6.07, 6.45) is 7.57. The molecule has 0 unspecified atom stereocenters. The van der Waals surface area contributed by atoms with Crippen LogP contribution in [0.1, 0.15) is 60.5 Å². The van der Waals surface area contributed by atoms with Crippen LogP contribution in [0.25, 0.3) is 0 Å². The minimum Gasteiger partial charge on any atom is -0.488 e. The Balaban J connectivity index is 1.42. The number of thiazole rings is 1. The highest BCUT2D eigenvalue weighted by Crippen LogP contribution is 2.38. The zero-order valence-electron chi connectivity index (χ0n) is 16.8. The van der Waals surface area contributed by atoms with Crippen LogP contribution in [0.2, 0.25) is 0 Å². The molecule has 2 fully saturated rings. The molecule has 1 aromatic heterocycles. The van der Waals surface area contributed by atoms with Crippen molar-refractivity contribution in [2.24, 2.45) is 0 Å². The van der Waals surface area contributed by atoms with Crippen LogP contribution in [0, 0.1) is 18.6 Å². The molecule has 4 rings (SSSR count). The summed E-state index contributed by atoms with van der Waals surface area (Å²) in [5.41, 5.74) is -0.0823. The SMILES string of the molecule is Cc1nc([C@]2(O)CCCN(C3CCCC3)CC2)sc1COc1ccc(F)c(F)c1. The zero-order chi connectivity index (χ0) is 20.4. The number of aliphatic hydroxyl groups is 1. The second-order valence-electron chi connectivity index (χ2n) is 8.25. The first kappa shape index (κ1) is 20.7. The van der Waals surface area contributed by atoms with E-state index >= 15 is 0 Å². The number of ether oxygens (including phenoxy) is 1.